The molecule has 0 amide bonds. The van der Waals surface area contributed by atoms with Crippen LogP contribution in [0.5, 0.6) is 11.8 Å². The Hall–Kier alpha value is -2.77. The number of phenols is 1. The first-order valence-corrected chi connectivity index (χ1v) is 11.6. The van der Waals surface area contributed by atoms with E-state index >= 15 is 0 Å². The van der Waals surface area contributed by atoms with E-state index in [1.807, 2.05) is 24.3 Å². The Labute approximate surface area is 192 Å². The Morgan fingerprint density at radius 2 is 1.84 bits per heavy atom. The van der Waals surface area contributed by atoms with Crippen LogP contribution in [0, 0.1) is 0 Å². The zero-order valence-electron chi connectivity index (χ0n) is 18.0. The molecule has 3 aliphatic heterocycles. The minimum Gasteiger partial charge on any atom is -0.506 e. The highest BCUT2D eigenvalue weighted by Crippen LogP contribution is 2.41. The Morgan fingerprint density at radius 3 is 2.59 bits per heavy atom. The van der Waals surface area contributed by atoms with E-state index in [-0.39, 0.29) is 5.75 Å². The zero-order valence-corrected chi connectivity index (χ0v) is 18.8. The third kappa shape index (κ3) is 3.22. The first-order chi connectivity index (χ1) is 15.6. The second-order valence-corrected chi connectivity index (χ2v) is 9.33. The number of hydrogen-bond acceptors (Lipinski definition) is 7. The van der Waals surface area contributed by atoms with Gasteiger partial charge < -0.3 is 25.0 Å². The number of nitrogens with one attached hydrogen (secondary N) is 1. The van der Waals surface area contributed by atoms with Crippen molar-refractivity contribution in [2.75, 3.05) is 36.5 Å². The van der Waals surface area contributed by atoms with Crippen LogP contribution in [0.25, 0.3) is 10.8 Å². The number of benzene rings is 2. The number of rotatable bonds is 3. The van der Waals surface area contributed by atoms with Gasteiger partial charge in [-0.2, -0.15) is 9.97 Å². The first-order valence-electron chi connectivity index (χ1n) is 11.2. The summed E-state index contributed by atoms with van der Waals surface area (Å²) in [4.78, 5) is 14.2. The molecule has 3 aromatic rings. The van der Waals surface area contributed by atoms with Crippen molar-refractivity contribution in [3.8, 4) is 11.8 Å². The van der Waals surface area contributed by atoms with Crippen LogP contribution in [0.4, 0.5) is 11.5 Å². The minimum absolute atomic E-state index is 0.100. The van der Waals surface area contributed by atoms with Crippen molar-refractivity contribution < 1.29 is 9.84 Å². The summed E-state index contributed by atoms with van der Waals surface area (Å²) in [5.74, 6) is 1.12. The lowest BCUT2D eigenvalue weighted by Gasteiger charge is -2.37. The van der Waals surface area contributed by atoms with E-state index in [0.717, 1.165) is 54.0 Å². The standard InChI is InChI=1S/C24H26ClN5O2/c1-32-24-27-19-13-29(20-10-21(31)22(25)17-5-3-2-4-16(17)20)9-8-18(19)23(28-24)30-11-14-6-7-15(12-30)26-14/h2-5,10,14-15,26,31H,6-9,11-13H2,1H3. The summed E-state index contributed by atoms with van der Waals surface area (Å²) in [6.45, 7) is 3.40. The maximum atomic E-state index is 10.5. The summed E-state index contributed by atoms with van der Waals surface area (Å²) in [7, 11) is 1.62. The molecule has 2 fully saturated rings. The molecule has 0 saturated carbocycles. The van der Waals surface area contributed by atoms with E-state index in [2.05, 4.69) is 15.1 Å². The molecule has 1 aromatic heterocycles. The molecule has 0 radical (unpaired) electrons. The Morgan fingerprint density at radius 1 is 1.09 bits per heavy atom. The van der Waals surface area contributed by atoms with Crippen LogP contribution in [0.1, 0.15) is 24.1 Å². The number of hydrogen-bond donors (Lipinski definition) is 2. The third-order valence-electron chi connectivity index (χ3n) is 7.00. The Kier molecular flexibility index (Phi) is 4.77. The fourth-order valence-electron chi connectivity index (χ4n) is 5.49. The van der Waals surface area contributed by atoms with E-state index in [1.54, 1.807) is 13.2 Å². The molecule has 2 aromatic carbocycles. The highest BCUT2D eigenvalue weighted by molar-refractivity contribution is 6.37. The maximum absolute atomic E-state index is 10.5. The quantitative estimate of drug-likeness (QED) is 0.631. The largest absolute Gasteiger partial charge is 0.506 e. The van der Waals surface area contributed by atoms with Gasteiger partial charge in [0.25, 0.3) is 0 Å². The van der Waals surface area contributed by atoms with Crippen LogP contribution in [0.2, 0.25) is 5.02 Å². The highest BCUT2D eigenvalue weighted by atomic mass is 35.5. The number of phenolic OH excluding ortho intramolecular Hbond substituents is 1. The lowest BCUT2D eigenvalue weighted by molar-refractivity contribution is 0.374. The van der Waals surface area contributed by atoms with Crippen molar-refractivity contribution in [3.05, 3.63) is 46.6 Å². The second kappa shape index (κ2) is 7.67. The van der Waals surface area contributed by atoms with Crippen molar-refractivity contribution in [2.45, 2.75) is 37.9 Å². The lowest BCUT2D eigenvalue weighted by atomic mass is 10.0. The summed E-state index contributed by atoms with van der Waals surface area (Å²) in [5.41, 5.74) is 3.17. The smallest absolute Gasteiger partial charge is 0.318 e. The van der Waals surface area contributed by atoms with Crippen LogP contribution in [-0.2, 0) is 13.0 Å². The predicted molar refractivity (Wildman–Crippen MR) is 126 cm³/mol. The van der Waals surface area contributed by atoms with Crippen molar-refractivity contribution in [1.29, 1.82) is 0 Å². The van der Waals surface area contributed by atoms with E-state index in [1.165, 1.54) is 18.4 Å². The summed E-state index contributed by atoms with van der Waals surface area (Å²) < 4.78 is 5.49. The molecule has 2 bridgehead atoms. The van der Waals surface area contributed by atoms with Crippen LogP contribution in [0.3, 0.4) is 0 Å². The predicted octanol–water partition coefficient (Wildman–Crippen LogP) is 3.50. The molecule has 2 unspecified atom stereocenters. The van der Waals surface area contributed by atoms with Gasteiger partial charge in [0.2, 0.25) is 0 Å². The molecule has 0 spiro atoms. The molecule has 6 rings (SSSR count). The second-order valence-electron chi connectivity index (χ2n) is 8.95. The third-order valence-corrected chi connectivity index (χ3v) is 7.40. The molecule has 32 heavy (non-hydrogen) atoms. The van der Waals surface area contributed by atoms with E-state index in [0.29, 0.717) is 29.7 Å². The number of fused-ring (bicyclic) bond motifs is 4. The first kappa shape index (κ1) is 19.9. The van der Waals surface area contributed by atoms with Crippen molar-refractivity contribution in [2.24, 2.45) is 0 Å². The highest BCUT2D eigenvalue weighted by Gasteiger charge is 2.35. The number of aromatic hydroxyl groups is 1. The number of halogens is 1. The summed E-state index contributed by atoms with van der Waals surface area (Å²) in [6, 6.07) is 11.2. The molecular weight excluding hydrogens is 426 g/mol. The average molecular weight is 452 g/mol. The summed E-state index contributed by atoms with van der Waals surface area (Å²) in [5, 5.41) is 16.4. The number of piperazine rings is 1. The van der Waals surface area contributed by atoms with Crippen molar-refractivity contribution >= 4 is 33.9 Å². The minimum atomic E-state index is 0.100. The van der Waals surface area contributed by atoms with E-state index in [4.69, 9.17) is 26.3 Å². The average Bonchev–Trinajstić information content (AvgIpc) is 3.17. The summed E-state index contributed by atoms with van der Waals surface area (Å²) in [6.07, 6.45) is 3.30. The van der Waals surface area contributed by atoms with Gasteiger partial charge in [0.05, 0.1) is 24.4 Å². The Balaban J connectivity index is 1.39. The molecule has 0 aliphatic carbocycles. The molecule has 166 valence electrons. The van der Waals surface area contributed by atoms with E-state index < -0.39 is 0 Å². The van der Waals surface area contributed by atoms with Gasteiger partial charge in [0, 0.05) is 59.8 Å². The number of nitrogens with zero attached hydrogens (tertiary/aromatic N) is 4. The van der Waals surface area contributed by atoms with Gasteiger partial charge in [0.15, 0.2) is 0 Å². The van der Waals surface area contributed by atoms with Crippen molar-refractivity contribution in [3.63, 3.8) is 0 Å². The molecule has 2 atom stereocenters. The summed E-state index contributed by atoms with van der Waals surface area (Å²) >= 11 is 6.38. The molecule has 2 saturated heterocycles. The van der Waals surface area contributed by atoms with E-state index in [9.17, 15) is 5.11 Å². The molecule has 3 aliphatic rings. The Bertz CT molecular complexity index is 1190. The van der Waals surface area contributed by atoms with Gasteiger partial charge in [-0.15, -0.1) is 0 Å². The molecule has 8 heteroatoms. The normalized spacial score (nSPS) is 22.3. The van der Waals surface area contributed by atoms with Gasteiger partial charge >= 0.3 is 6.01 Å². The number of methoxy groups -OCH3 is 1. The number of aromatic nitrogens is 2. The van der Waals surface area contributed by atoms with Crippen LogP contribution in [0.15, 0.2) is 30.3 Å². The van der Waals surface area contributed by atoms with Crippen molar-refractivity contribution in [1.82, 2.24) is 15.3 Å². The fraction of sp³-hybridized carbons (Fsp3) is 0.417. The van der Waals surface area contributed by atoms with Gasteiger partial charge in [0.1, 0.15) is 11.6 Å². The van der Waals surface area contributed by atoms with Gasteiger partial charge in [-0.05, 0) is 19.3 Å². The van der Waals surface area contributed by atoms with Crippen LogP contribution >= 0.6 is 11.6 Å². The molecule has 2 N–H and O–H groups in total. The van der Waals surface area contributed by atoms with Gasteiger partial charge in [-0.3, -0.25) is 0 Å². The fourth-order valence-corrected chi connectivity index (χ4v) is 5.70. The SMILES string of the molecule is COc1nc2c(c(N3CC4CCC(C3)N4)n1)CCN(c1cc(O)c(Cl)c3ccccc13)C2. The molecule has 7 nitrogen and oxygen atoms in total. The topological polar surface area (TPSA) is 73.8 Å². The number of ether oxygens (including phenoxy) is 1. The molecular formula is C24H26ClN5O2. The zero-order chi connectivity index (χ0) is 21.8. The number of anilines is 2. The molecule has 4 heterocycles. The van der Waals surface area contributed by atoms with Crippen LogP contribution < -0.4 is 19.9 Å². The van der Waals surface area contributed by atoms with Gasteiger partial charge in [-0.25, -0.2) is 0 Å². The monoisotopic (exact) mass is 451 g/mol. The van der Waals surface area contributed by atoms with Gasteiger partial charge in [-0.1, -0.05) is 35.9 Å². The maximum Gasteiger partial charge on any atom is 0.318 e. The van der Waals surface area contributed by atoms with Crippen LogP contribution in [-0.4, -0.2) is 53.9 Å². The lowest BCUT2D eigenvalue weighted by Crippen LogP contribution is -2.52.